The fourth-order valence-corrected chi connectivity index (χ4v) is 0.935. The zero-order valence-electron chi connectivity index (χ0n) is 7.93. The van der Waals surface area contributed by atoms with Crippen molar-refractivity contribution in [3.8, 4) is 5.75 Å². The molecule has 0 aliphatic rings. The van der Waals surface area contributed by atoms with Gasteiger partial charge in [-0.25, -0.2) is 0 Å². The molecule has 0 aliphatic heterocycles. The molecule has 0 saturated carbocycles. The van der Waals surface area contributed by atoms with Crippen molar-refractivity contribution in [1.29, 1.82) is 0 Å². The summed E-state index contributed by atoms with van der Waals surface area (Å²) in [6.07, 6.45) is 3.57. The van der Waals surface area contributed by atoms with Gasteiger partial charge in [0.25, 0.3) is 0 Å². The van der Waals surface area contributed by atoms with E-state index in [4.69, 9.17) is 9.84 Å². The zero-order valence-corrected chi connectivity index (χ0v) is 7.93. The van der Waals surface area contributed by atoms with Gasteiger partial charge in [0.2, 0.25) is 0 Å². The minimum absolute atomic E-state index is 0.238. The Hall–Kier alpha value is -1.77. The van der Waals surface area contributed by atoms with Gasteiger partial charge in [0.1, 0.15) is 12.4 Å². The van der Waals surface area contributed by atoms with E-state index in [1.807, 2.05) is 6.08 Å². The Balaban J connectivity index is 2.44. The number of hydrogen-bond donors (Lipinski definition) is 1. The van der Waals surface area contributed by atoms with Gasteiger partial charge in [-0.15, -0.1) is 0 Å². The molecule has 0 aliphatic carbocycles. The van der Waals surface area contributed by atoms with Crippen LogP contribution in [0.4, 0.5) is 0 Å². The third-order valence-electron chi connectivity index (χ3n) is 1.59. The van der Waals surface area contributed by atoms with E-state index < -0.39 is 0 Å². The van der Waals surface area contributed by atoms with Crippen LogP contribution in [0.2, 0.25) is 0 Å². The lowest BCUT2D eigenvalue weighted by atomic mass is 10.2. The molecule has 0 spiro atoms. The van der Waals surface area contributed by atoms with Gasteiger partial charge in [0.05, 0.1) is 0 Å². The van der Waals surface area contributed by atoms with E-state index in [1.54, 1.807) is 30.3 Å². The fraction of sp³-hybridized carbons (Fsp3) is 0.182. The highest BCUT2D eigenvalue weighted by molar-refractivity contribution is 5.66. The number of phenols is 1. The molecule has 0 atom stereocenters. The van der Waals surface area contributed by atoms with Crippen molar-refractivity contribution in [1.82, 2.24) is 0 Å². The molecule has 0 radical (unpaired) electrons. The quantitative estimate of drug-likeness (QED) is 0.745. The van der Waals surface area contributed by atoms with E-state index in [1.165, 1.54) is 6.92 Å². The van der Waals surface area contributed by atoms with Gasteiger partial charge in [-0.2, -0.15) is 0 Å². The predicted molar refractivity (Wildman–Crippen MR) is 53.8 cm³/mol. The van der Waals surface area contributed by atoms with E-state index >= 15 is 0 Å². The van der Waals surface area contributed by atoms with Crippen molar-refractivity contribution in [3.05, 3.63) is 35.9 Å². The third kappa shape index (κ3) is 3.76. The summed E-state index contributed by atoms with van der Waals surface area (Å²) in [6.45, 7) is 1.64. The highest BCUT2D eigenvalue weighted by atomic mass is 16.5. The summed E-state index contributed by atoms with van der Waals surface area (Å²) >= 11 is 0. The van der Waals surface area contributed by atoms with Crippen LogP contribution in [-0.4, -0.2) is 17.7 Å². The van der Waals surface area contributed by atoms with Crippen molar-refractivity contribution in [2.75, 3.05) is 6.61 Å². The van der Waals surface area contributed by atoms with Gasteiger partial charge in [-0.05, 0) is 23.8 Å². The second-order valence-corrected chi connectivity index (χ2v) is 2.80. The number of phenolic OH excluding ortho intramolecular Hbond substituents is 1. The molecular weight excluding hydrogens is 180 g/mol. The Morgan fingerprint density at radius 1 is 1.43 bits per heavy atom. The molecule has 74 valence electrons. The summed E-state index contributed by atoms with van der Waals surface area (Å²) in [5.41, 5.74) is 0.954. The first-order chi connectivity index (χ1) is 6.68. The number of rotatable bonds is 3. The first-order valence-electron chi connectivity index (χ1n) is 4.27. The molecule has 3 heteroatoms. The van der Waals surface area contributed by atoms with Crippen molar-refractivity contribution in [2.24, 2.45) is 0 Å². The summed E-state index contributed by atoms with van der Waals surface area (Å²) in [7, 11) is 0. The average molecular weight is 192 g/mol. The number of benzene rings is 1. The summed E-state index contributed by atoms with van der Waals surface area (Å²) < 4.78 is 4.71. The smallest absolute Gasteiger partial charge is 0.302 e. The standard InChI is InChI=1S/C11H12O3/c1-9(12)14-8-2-3-10-4-6-11(13)7-5-10/h2-7,13H,8H2,1H3. The van der Waals surface area contributed by atoms with Crippen LogP contribution in [0.25, 0.3) is 6.08 Å². The molecule has 0 saturated heterocycles. The minimum Gasteiger partial charge on any atom is -0.508 e. The first kappa shape index (κ1) is 10.3. The maximum atomic E-state index is 10.4. The van der Waals surface area contributed by atoms with Gasteiger partial charge in [0, 0.05) is 6.92 Å². The van der Waals surface area contributed by atoms with Crippen LogP contribution >= 0.6 is 0 Å². The molecule has 14 heavy (non-hydrogen) atoms. The van der Waals surface area contributed by atoms with E-state index in [-0.39, 0.29) is 18.3 Å². The van der Waals surface area contributed by atoms with Crippen molar-refractivity contribution < 1.29 is 14.6 Å². The van der Waals surface area contributed by atoms with Gasteiger partial charge in [-0.3, -0.25) is 4.79 Å². The lowest BCUT2D eigenvalue weighted by molar-refractivity contribution is -0.139. The summed E-state index contributed by atoms with van der Waals surface area (Å²) in [6, 6.07) is 6.76. The van der Waals surface area contributed by atoms with Crippen LogP contribution in [0.3, 0.4) is 0 Å². The Morgan fingerprint density at radius 3 is 2.64 bits per heavy atom. The van der Waals surface area contributed by atoms with Gasteiger partial charge in [0.15, 0.2) is 0 Å². The topological polar surface area (TPSA) is 46.5 Å². The van der Waals surface area contributed by atoms with Gasteiger partial charge < -0.3 is 9.84 Å². The maximum absolute atomic E-state index is 10.4. The number of aromatic hydroxyl groups is 1. The molecular formula is C11H12O3. The summed E-state index contributed by atoms with van der Waals surface area (Å²) in [4.78, 5) is 10.4. The normalized spacial score (nSPS) is 10.4. The Morgan fingerprint density at radius 2 is 2.07 bits per heavy atom. The maximum Gasteiger partial charge on any atom is 0.302 e. The first-order valence-corrected chi connectivity index (χ1v) is 4.27. The largest absolute Gasteiger partial charge is 0.508 e. The Bertz CT molecular complexity index is 325. The highest BCUT2D eigenvalue weighted by Crippen LogP contribution is 2.10. The number of esters is 1. The van der Waals surface area contributed by atoms with E-state index in [2.05, 4.69) is 0 Å². The van der Waals surface area contributed by atoms with Crippen LogP contribution in [0.5, 0.6) is 5.75 Å². The molecule has 0 unspecified atom stereocenters. The number of hydrogen-bond acceptors (Lipinski definition) is 3. The highest BCUT2D eigenvalue weighted by Gasteiger charge is 1.89. The van der Waals surface area contributed by atoms with Crippen LogP contribution in [0.1, 0.15) is 12.5 Å². The molecule has 1 aromatic carbocycles. The zero-order chi connectivity index (χ0) is 10.4. The molecule has 0 fully saturated rings. The van der Waals surface area contributed by atoms with Gasteiger partial charge in [-0.1, -0.05) is 18.2 Å². The van der Waals surface area contributed by atoms with Crippen LogP contribution in [0.15, 0.2) is 30.3 Å². The number of carbonyl (C=O) groups is 1. The predicted octanol–water partition coefficient (Wildman–Crippen LogP) is 1.97. The molecule has 3 nitrogen and oxygen atoms in total. The summed E-state index contributed by atoms with van der Waals surface area (Å²) in [5, 5.41) is 9.01. The van der Waals surface area contributed by atoms with Crippen molar-refractivity contribution in [2.45, 2.75) is 6.92 Å². The van der Waals surface area contributed by atoms with E-state index in [9.17, 15) is 4.79 Å². The van der Waals surface area contributed by atoms with E-state index in [0.717, 1.165) is 5.56 Å². The molecule has 1 rings (SSSR count). The van der Waals surface area contributed by atoms with Crippen LogP contribution in [0, 0.1) is 0 Å². The number of ether oxygens (including phenoxy) is 1. The molecule has 1 aromatic rings. The molecule has 0 aromatic heterocycles. The lowest BCUT2D eigenvalue weighted by Gasteiger charge is -1.96. The third-order valence-corrected chi connectivity index (χ3v) is 1.59. The summed E-state index contributed by atoms with van der Waals surface area (Å²) in [5.74, 6) is -0.0532. The van der Waals surface area contributed by atoms with Gasteiger partial charge >= 0.3 is 5.97 Å². The fourth-order valence-electron chi connectivity index (χ4n) is 0.935. The van der Waals surface area contributed by atoms with Crippen molar-refractivity contribution in [3.63, 3.8) is 0 Å². The number of carbonyl (C=O) groups excluding carboxylic acids is 1. The Kier molecular flexibility index (Phi) is 3.73. The average Bonchev–Trinajstić information content (AvgIpc) is 2.15. The van der Waals surface area contributed by atoms with Crippen LogP contribution in [-0.2, 0) is 9.53 Å². The molecule has 1 N–H and O–H groups in total. The Labute approximate surface area is 82.6 Å². The minimum atomic E-state index is -0.291. The van der Waals surface area contributed by atoms with Crippen LogP contribution < -0.4 is 0 Å². The SMILES string of the molecule is CC(=O)OCC=Cc1ccc(O)cc1. The van der Waals surface area contributed by atoms with Crippen molar-refractivity contribution >= 4 is 12.0 Å². The molecule has 0 heterocycles. The molecule has 0 amide bonds. The van der Waals surface area contributed by atoms with E-state index in [0.29, 0.717) is 0 Å². The lowest BCUT2D eigenvalue weighted by Crippen LogP contribution is -1.97. The second kappa shape index (κ2) is 5.07. The molecule has 0 bridgehead atoms. The monoisotopic (exact) mass is 192 g/mol. The second-order valence-electron chi connectivity index (χ2n) is 2.80.